The lowest BCUT2D eigenvalue weighted by atomic mass is 10.1. The standard InChI is InChI=1S/C15H19FO2/c1-5-12-10-11(6-8-13(12)16)7-9-14(17)18-15(2,3)4/h6-10H,5H2,1-4H3/b9-7+. The maximum absolute atomic E-state index is 13.3. The van der Waals surface area contributed by atoms with Gasteiger partial charge in [0.25, 0.3) is 0 Å². The van der Waals surface area contributed by atoms with Crippen molar-refractivity contribution in [2.75, 3.05) is 0 Å². The molecule has 18 heavy (non-hydrogen) atoms. The summed E-state index contributed by atoms with van der Waals surface area (Å²) >= 11 is 0. The minimum Gasteiger partial charge on any atom is -0.457 e. The van der Waals surface area contributed by atoms with E-state index in [9.17, 15) is 9.18 Å². The average molecular weight is 250 g/mol. The number of rotatable bonds is 3. The molecule has 3 heteroatoms. The van der Waals surface area contributed by atoms with Crippen LogP contribution in [-0.4, -0.2) is 11.6 Å². The van der Waals surface area contributed by atoms with Crippen LogP contribution in [0.4, 0.5) is 4.39 Å². The van der Waals surface area contributed by atoms with E-state index < -0.39 is 11.6 Å². The molecule has 98 valence electrons. The second kappa shape index (κ2) is 5.80. The Kier molecular flexibility index (Phi) is 4.65. The van der Waals surface area contributed by atoms with Gasteiger partial charge in [-0.1, -0.05) is 13.0 Å². The first-order valence-corrected chi connectivity index (χ1v) is 6.01. The first kappa shape index (κ1) is 14.4. The van der Waals surface area contributed by atoms with Crippen molar-refractivity contribution in [1.29, 1.82) is 0 Å². The fraction of sp³-hybridized carbons (Fsp3) is 0.400. The second-order valence-corrected chi connectivity index (χ2v) is 5.07. The van der Waals surface area contributed by atoms with E-state index in [2.05, 4.69) is 0 Å². The fourth-order valence-electron chi connectivity index (χ4n) is 1.47. The molecule has 0 radical (unpaired) electrons. The zero-order chi connectivity index (χ0) is 13.8. The summed E-state index contributed by atoms with van der Waals surface area (Å²) in [6.45, 7) is 7.32. The van der Waals surface area contributed by atoms with Crippen LogP contribution < -0.4 is 0 Å². The van der Waals surface area contributed by atoms with Crippen LogP contribution in [-0.2, 0) is 16.0 Å². The Bertz CT molecular complexity index is 456. The van der Waals surface area contributed by atoms with Gasteiger partial charge in [-0.25, -0.2) is 9.18 Å². The average Bonchev–Trinajstić information content (AvgIpc) is 2.25. The molecule has 0 aliphatic heterocycles. The molecule has 1 aromatic rings. The van der Waals surface area contributed by atoms with Crippen LogP contribution in [0.25, 0.3) is 6.08 Å². The molecule has 0 fully saturated rings. The van der Waals surface area contributed by atoms with Crippen LogP contribution in [0.1, 0.15) is 38.8 Å². The molecule has 0 bridgehead atoms. The molecule has 0 heterocycles. The lowest BCUT2D eigenvalue weighted by Crippen LogP contribution is -2.22. The van der Waals surface area contributed by atoms with Crippen molar-refractivity contribution >= 4 is 12.0 Å². The summed E-state index contributed by atoms with van der Waals surface area (Å²) in [5.74, 6) is -0.614. The molecule has 0 N–H and O–H groups in total. The molecule has 0 aliphatic carbocycles. The Hall–Kier alpha value is -1.64. The Morgan fingerprint density at radius 2 is 2.06 bits per heavy atom. The molecule has 1 aromatic carbocycles. The smallest absolute Gasteiger partial charge is 0.331 e. The van der Waals surface area contributed by atoms with E-state index >= 15 is 0 Å². The maximum Gasteiger partial charge on any atom is 0.331 e. The van der Waals surface area contributed by atoms with Gasteiger partial charge < -0.3 is 4.74 Å². The Balaban J connectivity index is 2.76. The molecule has 2 nitrogen and oxygen atoms in total. The van der Waals surface area contributed by atoms with Crippen molar-refractivity contribution in [2.45, 2.75) is 39.7 Å². The Morgan fingerprint density at radius 3 is 2.61 bits per heavy atom. The molecule has 0 aliphatic rings. The number of carbonyl (C=O) groups excluding carboxylic acids is 1. The lowest BCUT2D eigenvalue weighted by Gasteiger charge is -2.17. The molecule has 0 saturated heterocycles. The topological polar surface area (TPSA) is 26.3 Å². The summed E-state index contributed by atoms with van der Waals surface area (Å²) in [4.78, 5) is 11.5. The van der Waals surface area contributed by atoms with Crippen LogP contribution in [0.2, 0.25) is 0 Å². The van der Waals surface area contributed by atoms with Crippen LogP contribution >= 0.6 is 0 Å². The molecule has 0 unspecified atom stereocenters. The highest BCUT2D eigenvalue weighted by Crippen LogP contribution is 2.13. The van der Waals surface area contributed by atoms with Gasteiger partial charge in [0.05, 0.1) is 0 Å². The van der Waals surface area contributed by atoms with E-state index in [1.165, 1.54) is 12.1 Å². The van der Waals surface area contributed by atoms with Gasteiger partial charge >= 0.3 is 5.97 Å². The third-order valence-electron chi connectivity index (χ3n) is 2.27. The van der Waals surface area contributed by atoms with E-state index in [1.54, 1.807) is 18.2 Å². The maximum atomic E-state index is 13.3. The van der Waals surface area contributed by atoms with Crippen LogP contribution in [0, 0.1) is 5.82 Å². The zero-order valence-electron chi connectivity index (χ0n) is 11.3. The van der Waals surface area contributed by atoms with Crippen molar-refractivity contribution in [3.05, 3.63) is 41.2 Å². The number of aryl methyl sites for hydroxylation is 1. The SMILES string of the molecule is CCc1cc(/C=C/C(=O)OC(C)(C)C)ccc1F. The van der Waals surface area contributed by atoms with Crippen molar-refractivity contribution in [2.24, 2.45) is 0 Å². The van der Waals surface area contributed by atoms with Gasteiger partial charge in [0.2, 0.25) is 0 Å². The largest absolute Gasteiger partial charge is 0.457 e. The summed E-state index contributed by atoms with van der Waals surface area (Å²) < 4.78 is 18.4. The van der Waals surface area contributed by atoms with Crippen molar-refractivity contribution in [3.8, 4) is 0 Å². The van der Waals surface area contributed by atoms with Crippen LogP contribution in [0.3, 0.4) is 0 Å². The van der Waals surface area contributed by atoms with E-state index in [-0.39, 0.29) is 5.82 Å². The van der Waals surface area contributed by atoms with E-state index in [0.29, 0.717) is 12.0 Å². The lowest BCUT2D eigenvalue weighted by molar-refractivity contribution is -0.148. The molecular weight excluding hydrogens is 231 g/mol. The molecule has 1 rings (SSSR count). The first-order valence-electron chi connectivity index (χ1n) is 6.01. The van der Waals surface area contributed by atoms with E-state index in [4.69, 9.17) is 4.74 Å². The number of halogens is 1. The number of hydrogen-bond acceptors (Lipinski definition) is 2. The third-order valence-corrected chi connectivity index (χ3v) is 2.27. The minimum absolute atomic E-state index is 0.216. The molecular formula is C15H19FO2. The highest BCUT2D eigenvalue weighted by molar-refractivity contribution is 5.87. The number of benzene rings is 1. The monoisotopic (exact) mass is 250 g/mol. The van der Waals surface area contributed by atoms with Gasteiger partial charge in [-0.15, -0.1) is 0 Å². The van der Waals surface area contributed by atoms with Crippen LogP contribution in [0.5, 0.6) is 0 Å². The number of ether oxygens (including phenoxy) is 1. The summed E-state index contributed by atoms with van der Waals surface area (Å²) in [5, 5.41) is 0. The van der Waals surface area contributed by atoms with Gasteiger partial charge in [-0.2, -0.15) is 0 Å². The summed E-state index contributed by atoms with van der Waals surface area (Å²) in [7, 11) is 0. The number of hydrogen-bond donors (Lipinski definition) is 0. The van der Waals surface area contributed by atoms with Gasteiger partial charge in [0.15, 0.2) is 0 Å². The Labute approximate surface area is 107 Å². The quantitative estimate of drug-likeness (QED) is 0.603. The van der Waals surface area contributed by atoms with Crippen LogP contribution in [0.15, 0.2) is 24.3 Å². The highest BCUT2D eigenvalue weighted by Gasteiger charge is 2.13. The van der Waals surface area contributed by atoms with Gasteiger partial charge in [0, 0.05) is 6.08 Å². The summed E-state index contributed by atoms with van der Waals surface area (Å²) in [5.41, 5.74) is 0.930. The van der Waals surface area contributed by atoms with Gasteiger partial charge in [-0.05, 0) is 56.5 Å². The van der Waals surface area contributed by atoms with Crippen molar-refractivity contribution in [3.63, 3.8) is 0 Å². The second-order valence-electron chi connectivity index (χ2n) is 5.07. The molecule has 0 atom stereocenters. The molecule has 0 spiro atoms. The van der Waals surface area contributed by atoms with E-state index in [1.807, 2.05) is 27.7 Å². The number of esters is 1. The fourth-order valence-corrected chi connectivity index (χ4v) is 1.47. The molecule has 0 amide bonds. The van der Waals surface area contributed by atoms with Crippen molar-refractivity contribution in [1.82, 2.24) is 0 Å². The summed E-state index contributed by atoms with van der Waals surface area (Å²) in [6.07, 6.45) is 3.62. The van der Waals surface area contributed by atoms with Gasteiger partial charge in [0.1, 0.15) is 11.4 Å². The predicted octanol–water partition coefficient (Wildman–Crippen LogP) is 3.74. The summed E-state index contributed by atoms with van der Waals surface area (Å²) in [6, 6.07) is 4.78. The molecule has 0 saturated carbocycles. The highest BCUT2D eigenvalue weighted by atomic mass is 19.1. The Morgan fingerprint density at radius 1 is 1.39 bits per heavy atom. The van der Waals surface area contributed by atoms with Gasteiger partial charge in [-0.3, -0.25) is 0 Å². The molecule has 0 aromatic heterocycles. The zero-order valence-corrected chi connectivity index (χ0v) is 11.3. The van der Waals surface area contributed by atoms with Crippen molar-refractivity contribution < 1.29 is 13.9 Å². The normalized spacial score (nSPS) is 11.8. The third kappa shape index (κ3) is 4.70. The predicted molar refractivity (Wildman–Crippen MR) is 70.7 cm³/mol. The number of carbonyl (C=O) groups is 1. The minimum atomic E-state index is -0.501. The van der Waals surface area contributed by atoms with E-state index in [0.717, 1.165) is 5.56 Å². The first-order chi connectivity index (χ1) is 8.31.